The predicted molar refractivity (Wildman–Crippen MR) is 80.7 cm³/mol. The van der Waals surface area contributed by atoms with Gasteiger partial charge in [0.25, 0.3) is 0 Å². The summed E-state index contributed by atoms with van der Waals surface area (Å²) < 4.78 is 0. The van der Waals surface area contributed by atoms with Crippen molar-refractivity contribution in [3.05, 3.63) is 22.8 Å². The van der Waals surface area contributed by atoms with Crippen LogP contribution in [-0.2, 0) is 0 Å². The van der Waals surface area contributed by atoms with Crippen LogP contribution in [0.4, 0.5) is 0 Å². The maximum Gasteiger partial charge on any atom is 0.125 e. The number of unbranched alkanes of at least 4 members (excludes halogenated alkanes) is 1. The van der Waals surface area contributed by atoms with Gasteiger partial charge in [0, 0.05) is 0 Å². The lowest BCUT2D eigenvalue weighted by Crippen LogP contribution is -1.99. The molecule has 2 heteroatoms. The first-order chi connectivity index (χ1) is 8.56. The van der Waals surface area contributed by atoms with Crippen LogP contribution in [0.3, 0.4) is 0 Å². The Kier molecular flexibility index (Phi) is 12.8. The molecule has 0 aliphatic heterocycles. The first kappa shape index (κ1) is 19.0. The van der Waals surface area contributed by atoms with E-state index < -0.39 is 0 Å². The van der Waals surface area contributed by atoms with Gasteiger partial charge in [0.1, 0.15) is 5.82 Å². The van der Waals surface area contributed by atoms with E-state index in [1.165, 1.54) is 12.8 Å². The van der Waals surface area contributed by atoms with Crippen molar-refractivity contribution in [2.24, 2.45) is 0 Å². The van der Waals surface area contributed by atoms with E-state index in [1.54, 1.807) is 0 Å². The lowest BCUT2D eigenvalue weighted by atomic mass is 10.2. The van der Waals surface area contributed by atoms with E-state index in [0.29, 0.717) is 0 Å². The van der Waals surface area contributed by atoms with E-state index in [9.17, 15) is 0 Å². The lowest BCUT2D eigenvalue weighted by Gasteiger charge is -2.02. The molecule has 0 atom stereocenters. The van der Waals surface area contributed by atoms with Gasteiger partial charge in [0.2, 0.25) is 0 Å². The zero-order chi connectivity index (χ0) is 14.6. The Balaban J connectivity index is 0. The fourth-order valence-corrected chi connectivity index (χ4v) is 1.19. The second-order valence-electron chi connectivity index (χ2n) is 3.69. The minimum atomic E-state index is 0.812. The molecule has 0 spiro atoms. The summed E-state index contributed by atoms with van der Waals surface area (Å²) in [5.41, 5.74) is 2.90. The molecule has 0 aliphatic carbocycles. The van der Waals surface area contributed by atoms with Gasteiger partial charge in [-0.25, -0.2) is 9.97 Å². The summed E-state index contributed by atoms with van der Waals surface area (Å²) in [6, 6.07) is 0. The zero-order valence-corrected chi connectivity index (χ0v) is 13.3. The molecule has 0 aromatic carbocycles. The summed E-state index contributed by atoms with van der Waals surface area (Å²) in [5, 5.41) is 0. The summed E-state index contributed by atoms with van der Waals surface area (Å²) >= 11 is 0. The summed E-state index contributed by atoms with van der Waals surface area (Å²) in [4.78, 5) is 8.48. The normalized spacial score (nSPS) is 8.00. The maximum absolute atomic E-state index is 4.24. The monoisotopic (exact) mass is 248 g/mol. The van der Waals surface area contributed by atoms with Gasteiger partial charge in [-0.3, -0.25) is 0 Å². The SMILES string of the molecule is CC.CC#Cc1c(C)nc(C)nc1C.CCCC. The van der Waals surface area contributed by atoms with Crippen molar-refractivity contribution in [3.8, 4) is 11.8 Å². The van der Waals surface area contributed by atoms with Crippen LogP contribution >= 0.6 is 0 Å². The first-order valence-corrected chi connectivity index (χ1v) is 6.81. The van der Waals surface area contributed by atoms with E-state index >= 15 is 0 Å². The fourth-order valence-electron chi connectivity index (χ4n) is 1.19. The van der Waals surface area contributed by atoms with Crippen molar-refractivity contribution in [3.63, 3.8) is 0 Å². The van der Waals surface area contributed by atoms with Crippen molar-refractivity contribution in [1.82, 2.24) is 9.97 Å². The molecule has 0 fully saturated rings. The minimum absolute atomic E-state index is 0.812. The highest BCUT2D eigenvalue weighted by molar-refractivity contribution is 5.40. The van der Waals surface area contributed by atoms with E-state index in [2.05, 4.69) is 35.7 Å². The van der Waals surface area contributed by atoms with Crippen LogP contribution in [0.1, 0.15) is 70.2 Å². The number of nitrogens with zero attached hydrogens (tertiary/aromatic N) is 2. The Morgan fingerprint density at radius 1 is 0.889 bits per heavy atom. The summed E-state index contributed by atoms with van der Waals surface area (Å²) in [5.74, 6) is 6.66. The molecule has 0 N–H and O–H groups in total. The van der Waals surface area contributed by atoms with Crippen LogP contribution in [0, 0.1) is 32.6 Å². The van der Waals surface area contributed by atoms with Crippen LogP contribution in [0.2, 0.25) is 0 Å². The van der Waals surface area contributed by atoms with Gasteiger partial charge in [0.05, 0.1) is 17.0 Å². The van der Waals surface area contributed by atoms with E-state index in [1.807, 2.05) is 41.5 Å². The maximum atomic E-state index is 4.24. The third kappa shape index (κ3) is 7.84. The van der Waals surface area contributed by atoms with Gasteiger partial charge in [-0.15, -0.1) is 5.92 Å². The molecule has 18 heavy (non-hydrogen) atoms. The predicted octanol–water partition coefficient (Wildman–Crippen LogP) is 4.61. The van der Waals surface area contributed by atoms with Crippen molar-refractivity contribution in [1.29, 1.82) is 0 Å². The molecule has 0 amide bonds. The van der Waals surface area contributed by atoms with Crippen molar-refractivity contribution in [2.75, 3.05) is 0 Å². The molecule has 0 saturated carbocycles. The van der Waals surface area contributed by atoms with Crippen LogP contribution in [-0.4, -0.2) is 9.97 Å². The lowest BCUT2D eigenvalue weighted by molar-refractivity contribution is 0.886. The fraction of sp³-hybridized carbons (Fsp3) is 0.625. The highest BCUT2D eigenvalue weighted by atomic mass is 14.9. The number of aromatic nitrogens is 2. The molecule has 0 aliphatic rings. The van der Waals surface area contributed by atoms with Crippen LogP contribution < -0.4 is 0 Å². The van der Waals surface area contributed by atoms with Gasteiger partial charge in [-0.2, -0.15) is 0 Å². The highest BCUT2D eigenvalue weighted by Crippen LogP contribution is 2.07. The van der Waals surface area contributed by atoms with E-state index in [0.717, 1.165) is 22.8 Å². The second-order valence-corrected chi connectivity index (χ2v) is 3.69. The quantitative estimate of drug-likeness (QED) is 0.678. The Morgan fingerprint density at radius 3 is 1.56 bits per heavy atom. The third-order valence-electron chi connectivity index (χ3n) is 2.13. The molecule has 0 radical (unpaired) electrons. The average molecular weight is 248 g/mol. The van der Waals surface area contributed by atoms with Crippen LogP contribution in [0.5, 0.6) is 0 Å². The van der Waals surface area contributed by atoms with Gasteiger partial charge < -0.3 is 0 Å². The molecular weight excluding hydrogens is 220 g/mol. The van der Waals surface area contributed by atoms with E-state index in [-0.39, 0.29) is 0 Å². The number of rotatable bonds is 1. The van der Waals surface area contributed by atoms with Gasteiger partial charge in [0.15, 0.2) is 0 Å². The molecule has 2 nitrogen and oxygen atoms in total. The minimum Gasteiger partial charge on any atom is -0.237 e. The Bertz CT molecular complexity index is 359. The van der Waals surface area contributed by atoms with Crippen molar-refractivity contribution >= 4 is 0 Å². The van der Waals surface area contributed by atoms with Gasteiger partial charge >= 0.3 is 0 Å². The van der Waals surface area contributed by atoms with E-state index in [4.69, 9.17) is 0 Å². The largest absolute Gasteiger partial charge is 0.237 e. The molecule has 1 aromatic rings. The summed E-state index contributed by atoms with van der Waals surface area (Å²) in [6.07, 6.45) is 2.64. The van der Waals surface area contributed by atoms with Crippen LogP contribution in [0.25, 0.3) is 0 Å². The topological polar surface area (TPSA) is 25.8 Å². The summed E-state index contributed by atoms with van der Waals surface area (Å²) in [7, 11) is 0. The number of aryl methyl sites for hydroxylation is 3. The standard InChI is InChI=1S/C10H12N2.C4H10.C2H6/c1-5-6-10-7(2)11-9(4)12-8(10)3;1-3-4-2;1-2/h1-4H3;3-4H2,1-2H3;1-2H3. The Morgan fingerprint density at radius 2 is 1.28 bits per heavy atom. The Labute approximate surface area is 113 Å². The van der Waals surface area contributed by atoms with Crippen molar-refractivity contribution < 1.29 is 0 Å². The third-order valence-corrected chi connectivity index (χ3v) is 2.13. The zero-order valence-electron chi connectivity index (χ0n) is 13.3. The first-order valence-electron chi connectivity index (χ1n) is 6.81. The molecule has 102 valence electrons. The molecular formula is C16H28N2. The highest BCUT2D eigenvalue weighted by Gasteiger charge is 2.02. The Hall–Kier alpha value is -1.36. The summed E-state index contributed by atoms with van der Waals surface area (Å²) in [6.45, 7) is 16.0. The van der Waals surface area contributed by atoms with Gasteiger partial charge in [-0.05, 0) is 27.7 Å². The molecule has 1 rings (SSSR count). The smallest absolute Gasteiger partial charge is 0.125 e. The molecule has 0 bridgehead atoms. The average Bonchev–Trinajstić information content (AvgIpc) is 2.36. The number of hydrogen-bond acceptors (Lipinski definition) is 2. The number of hydrogen-bond donors (Lipinski definition) is 0. The van der Waals surface area contributed by atoms with Gasteiger partial charge in [-0.1, -0.05) is 46.5 Å². The second kappa shape index (κ2) is 12.1. The van der Waals surface area contributed by atoms with Crippen molar-refractivity contribution in [2.45, 2.75) is 68.2 Å². The molecule has 0 saturated heterocycles. The molecule has 1 aromatic heterocycles. The van der Waals surface area contributed by atoms with Crippen LogP contribution in [0.15, 0.2) is 0 Å². The molecule has 0 unspecified atom stereocenters. The molecule has 1 heterocycles.